The van der Waals surface area contributed by atoms with Gasteiger partial charge < -0.3 is 19.7 Å². The van der Waals surface area contributed by atoms with Crippen LogP contribution in [0.2, 0.25) is 0 Å². The van der Waals surface area contributed by atoms with Gasteiger partial charge in [0.15, 0.2) is 11.5 Å². The number of amides is 1. The van der Waals surface area contributed by atoms with Gasteiger partial charge in [-0.05, 0) is 56.5 Å². The van der Waals surface area contributed by atoms with Gasteiger partial charge in [-0.1, -0.05) is 28.1 Å². The monoisotopic (exact) mass is 446 g/mol. The molecule has 6 heteroatoms. The number of nitrogens with one attached hydrogen (secondary N) is 1. The molecule has 0 aliphatic carbocycles. The molecule has 0 saturated carbocycles. The molecule has 0 aromatic heterocycles. The summed E-state index contributed by atoms with van der Waals surface area (Å²) in [6.07, 6.45) is 2.64. The Kier molecular flexibility index (Phi) is 7.20. The standard InChI is InChI=1S/C22H27BrN2O3/c1-3-27-20-13-16(17(23)15-21(20)28-4-2)14-22(26)24-18-9-5-6-10-19(18)25-11-7-8-12-25/h5-6,9-10,13,15H,3-4,7-8,11-12,14H2,1-2H3,(H,24,26). The van der Waals surface area contributed by atoms with E-state index in [0.29, 0.717) is 24.7 Å². The van der Waals surface area contributed by atoms with Gasteiger partial charge in [-0.3, -0.25) is 4.79 Å². The quantitative estimate of drug-likeness (QED) is 0.617. The van der Waals surface area contributed by atoms with Crippen LogP contribution in [0.25, 0.3) is 0 Å². The van der Waals surface area contributed by atoms with Gasteiger partial charge in [-0.15, -0.1) is 0 Å². The van der Waals surface area contributed by atoms with Gasteiger partial charge in [0.25, 0.3) is 0 Å². The first-order valence-electron chi connectivity index (χ1n) is 9.84. The number of para-hydroxylation sites is 2. The van der Waals surface area contributed by atoms with Crippen LogP contribution in [0.5, 0.6) is 11.5 Å². The van der Waals surface area contributed by atoms with Crippen LogP contribution in [0.15, 0.2) is 40.9 Å². The Morgan fingerprint density at radius 1 is 1.07 bits per heavy atom. The number of benzene rings is 2. The number of hydrogen-bond donors (Lipinski definition) is 1. The molecule has 2 aromatic rings. The van der Waals surface area contributed by atoms with Crippen LogP contribution >= 0.6 is 15.9 Å². The summed E-state index contributed by atoms with van der Waals surface area (Å²) >= 11 is 3.56. The third-order valence-electron chi connectivity index (χ3n) is 4.69. The van der Waals surface area contributed by atoms with Crippen molar-refractivity contribution >= 4 is 33.2 Å². The van der Waals surface area contributed by atoms with Crippen LogP contribution < -0.4 is 19.7 Å². The Labute approximate surface area is 175 Å². The fourth-order valence-corrected chi connectivity index (χ4v) is 3.89. The minimum atomic E-state index is -0.0565. The number of ether oxygens (including phenoxy) is 2. The molecule has 1 saturated heterocycles. The van der Waals surface area contributed by atoms with Gasteiger partial charge >= 0.3 is 0 Å². The molecule has 1 heterocycles. The number of carbonyl (C=O) groups is 1. The summed E-state index contributed by atoms with van der Waals surface area (Å²) in [7, 11) is 0. The first-order valence-corrected chi connectivity index (χ1v) is 10.6. The summed E-state index contributed by atoms with van der Waals surface area (Å²) in [5.74, 6) is 1.28. The van der Waals surface area contributed by atoms with Gasteiger partial charge in [-0.2, -0.15) is 0 Å². The van der Waals surface area contributed by atoms with E-state index < -0.39 is 0 Å². The van der Waals surface area contributed by atoms with E-state index in [2.05, 4.69) is 32.2 Å². The summed E-state index contributed by atoms with van der Waals surface area (Å²) in [6, 6.07) is 11.8. The molecular weight excluding hydrogens is 420 g/mol. The van der Waals surface area contributed by atoms with Gasteiger partial charge in [0.2, 0.25) is 5.91 Å². The average molecular weight is 447 g/mol. The molecule has 1 N–H and O–H groups in total. The van der Waals surface area contributed by atoms with Crippen LogP contribution in [0.3, 0.4) is 0 Å². The number of carbonyl (C=O) groups excluding carboxylic acids is 1. The molecule has 0 unspecified atom stereocenters. The summed E-state index contributed by atoms with van der Waals surface area (Å²) in [5, 5.41) is 3.08. The van der Waals surface area contributed by atoms with Crippen molar-refractivity contribution in [1.29, 1.82) is 0 Å². The Morgan fingerprint density at radius 3 is 2.39 bits per heavy atom. The van der Waals surface area contributed by atoms with Crippen LogP contribution in [-0.2, 0) is 11.2 Å². The van der Waals surface area contributed by atoms with Gasteiger partial charge in [-0.25, -0.2) is 0 Å². The predicted octanol–water partition coefficient (Wildman–Crippen LogP) is 5.03. The Morgan fingerprint density at radius 2 is 1.71 bits per heavy atom. The number of rotatable bonds is 8. The van der Waals surface area contributed by atoms with E-state index in [9.17, 15) is 4.79 Å². The summed E-state index contributed by atoms with van der Waals surface area (Å²) in [4.78, 5) is 15.1. The Bertz CT molecular complexity index is 819. The second-order valence-corrected chi connectivity index (χ2v) is 7.55. The molecule has 150 valence electrons. The first kappa shape index (κ1) is 20.5. The zero-order valence-corrected chi connectivity index (χ0v) is 18.0. The SMILES string of the molecule is CCOc1cc(Br)c(CC(=O)Nc2ccccc2N2CCCC2)cc1OCC. The molecule has 0 spiro atoms. The van der Waals surface area contributed by atoms with Crippen molar-refractivity contribution in [3.8, 4) is 11.5 Å². The van der Waals surface area contributed by atoms with Crippen molar-refractivity contribution in [1.82, 2.24) is 0 Å². The highest BCUT2D eigenvalue weighted by Crippen LogP contribution is 2.34. The van der Waals surface area contributed by atoms with Gasteiger partial charge in [0.1, 0.15) is 0 Å². The van der Waals surface area contributed by atoms with Crippen molar-refractivity contribution in [2.24, 2.45) is 0 Å². The van der Waals surface area contributed by atoms with Crippen molar-refractivity contribution in [3.05, 3.63) is 46.4 Å². The lowest BCUT2D eigenvalue weighted by atomic mass is 10.1. The minimum Gasteiger partial charge on any atom is -0.490 e. The second kappa shape index (κ2) is 9.82. The van der Waals surface area contributed by atoms with Crippen LogP contribution in [0.4, 0.5) is 11.4 Å². The molecule has 5 nitrogen and oxygen atoms in total. The molecule has 1 aliphatic heterocycles. The number of halogens is 1. The van der Waals surface area contributed by atoms with E-state index in [1.807, 2.05) is 44.2 Å². The third kappa shape index (κ3) is 4.98. The van der Waals surface area contributed by atoms with Crippen molar-refractivity contribution < 1.29 is 14.3 Å². The van der Waals surface area contributed by atoms with E-state index in [1.54, 1.807) is 0 Å². The lowest BCUT2D eigenvalue weighted by Crippen LogP contribution is -2.21. The van der Waals surface area contributed by atoms with Gasteiger partial charge in [0, 0.05) is 17.6 Å². The minimum absolute atomic E-state index is 0.0565. The third-order valence-corrected chi connectivity index (χ3v) is 5.43. The Balaban J connectivity index is 1.76. The summed E-state index contributed by atoms with van der Waals surface area (Å²) < 4.78 is 12.2. The number of hydrogen-bond acceptors (Lipinski definition) is 4. The van der Waals surface area contributed by atoms with Crippen molar-refractivity contribution in [3.63, 3.8) is 0 Å². The molecular formula is C22H27BrN2O3. The lowest BCUT2D eigenvalue weighted by molar-refractivity contribution is -0.115. The van der Waals surface area contributed by atoms with E-state index in [-0.39, 0.29) is 12.3 Å². The topological polar surface area (TPSA) is 50.8 Å². The van der Waals surface area contributed by atoms with Crippen LogP contribution in [0.1, 0.15) is 32.3 Å². The zero-order valence-electron chi connectivity index (χ0n) is 16.5. The van der Waals surface area contributed by atoms with Crippen LogP contribution in [0, 0.1) is 0 Å². The smallest absolute Gasteiger partial charge is 0.228 e. The number of anilines is 2. The van der Waals surface area contributed by atoms with E-state index >= 15 is 0 Å². The number of nitrogens with zero attached hydrogens (tertiary/aromatic N) is 1. The highest BCUT2D eigenvalue weighted by atomic mass is 79.9. The summed E-state index contributed by atoms with van der Waals surface area (Å²) in [6.45, 7) is 7.03. The van der Waals surface area contributed by atoms with Crippen molar-refractivity contribution in [2.75, 3.05) is 36.5 Å². The highest BCUT2D eigenvalue weighted by molar-refractivity contribution is 9.10. The maximum absolute atomic E-state index is 12.8. The van der Waals surface area contributed by atoms with Crippen LogP contribution in [-0.4, -0.2) is 32.2 Å². The molecule has 1 aliphatic rings. The average Bonchev–Trinajstić information content (AvgIpc) is 3.20. The normalized spacial score (nSPS) is 13.5. The second-order valence-electron chi connectivity index (χ2n) is 6.69. The molecule has 1 fully saturated rings. The molecule has 2 aromatic carbocycles. The highest BCUT2D eigenvalue weighted by Gasteiger charge is 2.18. The molecule has 0 atom stereocenters. The maximum atomic E-state index is 12.8. The summed E-state index contributed by atoms with van der Waals surface area (Å²) in [5.41, 5.74) is 2.82. The molecule has 1 amide bonds. The Hall–Kier alpha value is -2.21. The predicted molar refractivity (Wildman–Crippen MR) is 117 cm³/mol. The first-order chi connectivity index (χ1) is 13.6. The van der Waals surface area contributed by atoms with E-state index in [0.717, 1.165) is 34.5 Å². The maximum Gasteiger partial charge on any atom is 0.228 e. The largest absolute Gasteiger partial charge is 0.490 e. The zero-order chi connectivity index (χ0) is 19.9. The van der Waals surface area contributed by atoms with E-state index in [1.165, 1.54) is 12.8 Å². The van der Waals surface area contributed by atoms with Crippen molar-refractivity contribution in [2.45, 2.75) is 33.1 Å². The van der Waals surface area contributed by atoms with Gasteiger partial charge in [0.05, 0.1) is 31.0 Å². The van der Waals surface area contributed by atoms with E-state index in [4.69, 9.17) is 9.47 Å². The molecule has 0 bridgehead atoms. The molecule has 0 radical (unpaired) electrons. The molecule has 3 rings (SSSR count). The lowest BCUT2D eigenvalue weighted by Gasteiger charge is -2.21. The fraction of sp³-hybridized carbons (Fsp3) is 0.409. The fourth-order valence-electron chi connectivity index (χ4n) is 3.43. The molecule has 28 heavy (non-hydrogen) atoms.